The lowest BCUT2D eigenvalue weighted by Crippen LogP contribution is -2.29. The van der Waals surface area contributed by atoms with Crippen molar-refractivity contribution >= 4 is 17.6 Å². The normalized spacial score (nSPS) is 14.2. The first kappa shape index (κ1) is 12.8. The molecular formula is C10H11ClO5. The van der Waals surface area contributed by atoms with Gasteiger partial charge in [0.2, 0.25) is 0 Å². The minimum Gasteiger partial charge on any atom is -0.506 e. The van der Waals surface area contributed by atoms with Crippen LogP contribution in [0, 0.1) is 0 Å². The number of phenolic OH excluding ortho intramolecular Hbond substituents is 1. The fourth-order valence-electron chi connectivity index (χ4n) is 1.19. The Balaban J connectivity index is 3.00. The van der Waals surface area contributed by atoms with Gasteiger partial charge in [-0.25, -0.2) is 4.79 Å². The SMILES string of the molecule is COC(=O)C(O)C(O)c1cccc(O)c1Cl. The molecule has 2 atom stereocenters. The van der Waals surface area contributed by atoms with Gasteiger partial charge in [0.15, 0.2) is 6.10 Å². The zero-order valence-electron chi connectivity index (χ0n) is 8.42. The number of phenols is 1. The lowest BCUT2D eigenvalue weighted by atomic mass is 10.0. The highest BCUT2D eigenvalue weighted by molar-refractivity contribution is 6.32. The molecule has 16 heavy (non-hydrogen) atoms. The number of hydrogen-bond acceptors (Lipinski definition) is 5. The third-order valence-corrected chi connectivity index (χ3v) is 2.48. The van der Waals surface area contributed by atoms with Gasteiger partial charge >= 0.3 is 5.97 Å². The van der Waals surface area contributed by atoms with Crippen LogP contribution < -0.4 is 0 Å². The van der Waals surface area contributed by atoms with E-state index >= 15 is 0 Å². The molecule has 0 radical (unpaired) electrons. The Hall–Kier alpha value is -1.30. The van der Waals surface area contributed by atoms with Gasteiger partial charge in [-0.1, -0.05) is 23.7 Å². The monoisotopic (exact) mass is 246 g/mol. The predicted octanol–water partition coefficient (Wildman–Crippen LogP) is 0.613. The summed E-state index contributed by atoms with van der Waals surface area (Å²) < 4.78 is 4.27. The van der Waals surface area contributed by atoms with Crippen LogP contribution in [-0.2, 0) is 9.53 Å². The van der Waals surface area contributed by atoms with E-state index in [1.807, 2.05) is 0 Å². The number of aromatic hydroxyl groups is 1. The van der Waals surface area contributed by atoms with Gasteiger partial charge in [0.25, 0.3) is 0 Å². The van der Waals surface area contributed by atoms with Crippen molar-refractivity contribution in [2.24, 2.45) is 0 Å². The lowest BCUT2D eigenvalue weighted by Gasteiger charge is -2.17. The molecule has 6 heteroatoms. The van der Waals surface area contributed by atoms with Crippen LogP contribution in [0.1, 0.15) is 11.7 Å². The first-order valence-electron chi connectivity index (χ1n) is 4.40. The van der Waals surface area contributed by atoms with Crippen LogP contribution in [0.25, 0.3) is 0 Å². The molecule has 1 rings (SSSR count). The second kappa shape index (κ2) is 5.16. The van der Waals surface area contributed by atoms with Crippen LogP contribution in [0.4, 0.5) is 0 Å². The molecule has 0 aliphatic rings. The molecule has 2 unspecified atom stereocenters. The van der Waals surface area contributed by atoms with Crippen molar-refractivity contribution in [1.82, 2.24) is 0 Å². The maximum Gasteiger partial charge on any atom is 0.337 e. The van der Waals surface area contributed by atoms with Crippen molar-refractivity contribution in [1.29, 1.82) is 0 Å². The van der Waals surface area contributed by atoms with Crippen molar-refractivity contribution in [3.63, 3.8) is 0 Å². The van der Waals surface area contributed by atoms with Crippen molar-refractivity contribution in [2.75, 3.05) is 7.11 Å². The number of benzene rings is 1. The highest BCUT2D eigenvalue weighted by Gasteiger charge is 2.28. The fourth-order valence-corrected chi connectivity index (χ4v) is 1.42. The first-order valence-corrected chi connectivity index (χ1v) is 4.78. The average Bonchev–Trinajstić information content (AvgIpc) is 2.29. The van der Waals surface area contributed by atoms with Gasteiger partial charge in [0, 0.05) is 5.56 Å². The molecule has 0 spiro atoms. The number of methoxy groups -OCH3 is 1. The molecule has 88 valence electrons. The van der Waals surface area contributed by atoms with Crippen LogP contribution in [0.5, 0.6) is 5.75 Å². The minimum atomic E-state index is -1.75. The summed E-state index contributed by atoms with van der Waals surface area (Å²) in [6.45, 7) is 0. The summed E-state index contributed by atoms with van der Waals surface area (Å²) in [5.41, 5.74) is 0.0552. The number of halogens is 1. The van der Waals surface area contributed by atoms with Gasteiger partial charge in [-0.05, 0) is 6.07 Å². The summed E-state index contributed by atoms with van der Waals surface area (Å²) in [4.78, 5) is 11.0. The average molecular weight is 247 g/mol. The minimum absolute atomic E-state index is 0.0552. The van der Waals surface area contributed by atoms with E-state index in [1.165, 1.54) is 18.2 Å². The van der Waals surface area contributed by atoms with E-state index in [0.717, 1.165) is 7.11 Å². The van der Waals surface area contributed by atoms with Crippen molar-refractivity contribution in [3.05, 3.63) is 28.8 Å². The Morgan fingerprint density at radius 2 is 2.06 bits per heavy atom. The molecule has 0 amide bonds. The van der Waals surface area contributed by atoms with Gasteiger partial charge in [-0.15, -0.1) is 0 Å². The van der Waals surface area contributed by atoms with Gasteiger partial charge in [-0.3, -0.25) is 0 Å². The molecule has 0 saturated heterocycles. The van der Waals surface area contributed by atoms with Crippen molar-refractivity contribution in [3.8, 4) is 5.75 Å². The number of ether oxygens (including phenoxy) is 1. The van der Waals surface area contributed by atoms with Crippen molar-refractivity contribution in [2.45, 2.75) is 12.2 Å². The van der Waals surface area contributed by atoms with Gasteiger partial charge < -0.3 is 20.1 Å². The highest BCUT2D eigenvalue weighted by Crippen LogP contribution is 2.32. The van der Waals surface area contributed by atoms with E-state index in [-0.39, 0.29) is 16.3 Å². The Bertz CT molecular complexity index is 393. The van der Waals surface area contributed by atoms with E-state index in [0.29, 0.717) is 0 Å². The molecule has 3 N–H and O–H groups in total. The number of aliphatic hydroxyl groups is 2. The number of hydrogen-bond donors (Lipinski definition) is 3. The van der Waals surface area contributed by atoms with E-state index in [4.69, 9.17) is 11.6 Å². The van der Waals surface area contributed by atoms with Crippen molar-refractivity contribution < 1.29 is 24.9 Å². The van der Waals surface area contributed by atoms with Crippen LogP contribution in [0.2, 0.25) is 5.02 Å². The van der Waals surface area contributed by atoms with E-state index in [2.05, 4.69) is 4.74 Å². The Morgan fingerprint density at radius 1 is 1.44 bits per heavy atom. The molecule has 0 fully saturated rings. The largest absolute Gasteiger partial charge is 0.506 e. The fraction of sp³-hybridized carbons (Fsp3) is 0.300. The summed E-state index contributed by atoms with van der Waals surface area (Å²) in [5.74, 6) is -1.22. The van der Waals surface area contributed by atoms with E-state index in [1.54, 1.807) is 0 Å². The molecule has 0 heterocycles. The van der Waals surface area contributed by atoms with Crippen LogP contribution in [-0.4, -0.2) is 34.5 Å². The number of carbonyl (C=O) groups excluding carboxylic acids is 1. The molecule has 1 aromatic rings. The zero-order chi connectivity index (χ0) is 12.3. The smallest absolute Gasteiger partial charge is 0.337 e. The summed E-state index contributed by atoms with van der Waals surface area (Å²) in [6, 6.07) is 4.14. The zero-order valence-corrected chi connectivity index (χ0v) is 9.18. The van der Waals surface area contributed by atoms with Gasteiger partial charge in [0.05, 0.1) is 12.1 Å². The quantitative estimate of drug-likeness (QED) is 0.681. The number of carbonyl (C=O) groups is 1. The number of rotatable bonds is 3. The maximum absolute atomic E-state index is 11.0. The summed E-state index contributed by atoms with van der Waals surface area (Å²) in [6.07, 6.45) is -3.30. The topological polar surface area (TPSA) is 87.0 Å². The molecule has 0 aromatic heterocycles. The first-order chi connectivity index (χ1) is 7.49. The summed E-state index contributed by atoms with van der Waals surface area (Å²) >= 11 is 5.71. The molecule has 0 saturated carbocycles. The van der Waals surface area contributed by atoms with E-state index < -0.39 is 18.2 Å². The molecule has 5 nitrogen and oxygen atoms in total. The molecule has 1 aromatic carbocycles. The van der Waals surface area contributed by atoms with Gasteiger partial charge in [0.1, 0.15) is 11.9 Å². The Kier molecular flexibility index (Phi) is 4.12. The second-order valence-corrected chi connectivity index (χ2v) is 3.47. The maximum atomic E-state index is 11.0. The van der Waals surface area contributed by atoms with Gasteiger partial charge in [-0.2, -0.15) is 0 Å². The predicted molar refractivity (Wildman–Crippen MR) is 56.1 cm³/mol. The van der Waals surface area contributed by atoms with Crippen LogP contribution in [0.15, 0.2) is 18.2 Å². The van der Waals surface area contributed by atoms with Crippen LogP contribution in [0.3, 0.4) is 0 Å². The third-order valence-electron chi connectivity index (χ3n) is 2.07. The van der Waals surface area contributed by atoms with E-state index in [9.17, 15) is 20.1 Å². The third kappa shape index (κ3) is 2.44. The standard InChI is InChI=1S/C10H11ClO5/c1-16-10(15)9(14)8(13)5-3-2-4-6(12)7(5)11/h2-4,8-9,12-14H,1H3. The van der Waals surface area contributed by atoms with Crippen LogP contribution >= 0.6 is 11.6 Å². The highest BCUT2D eigenvalue weighted by atomic mass is 35.5. The number of aliphatic hydroxyl groups excluding tert-OH is 2. The molecule has 0 aliphatic heterocycles. The lowest BCUT2D eigenvalue weighted by molar-refractivity contribution is -0.156. The second-order valence-electron chi connectivity index (χ2n) is 3.09. The Labute approximate surface area is 96.9 Å². The molecule has 0 bridgehead atoms. The summed E-state index contributed by atoms with van der Waals surface area (Å²) in [7, 11) is 1.09. The summed E-state index contributed by atoms with van der Waals surface area (Å²) in [5, 5.41) is 28.2. The molecule has 0 aliphatic carbocycles. The molecular weight excluding hydrogens is 236 g/mol. The Morgan fingerprint density at radius 3 is 2.62 bits per heavy atom. The number of esters is 1.